The van der Waals surface area contributed by atoms with Crippen molar-refractivity contribution >= 4 is 21.9 Å². The van der Waals surface area contributed by atoms with E-state index < -0.39 is 27.4 Å². The van der Waals surface area contributed by atoms with Crippen LogP contribution in [0.3, 0.4) is 0 Å². The van der Waals surface area contributed by atoms with E-state index >= 15 is 0 Å². The molecule has 1 amide bonds. The fraction of sp³-hybridized carbons (Fsp3) is 0.529. The first-order chi connectivity index (χ1) is 12.1. The number of sulfonamides is 1. The summed E-state index contributed by atoms with van der Waals surface area (Å²) in [6.07, 6.45) is 0.307. The van der Waals surface area contributed by atoms with E-state index in [0.29, 0.717) is 12.8 Å². The van der Waals surface area contributed by atoms with Gasteiger partial charge in [-0.2, -0.15) is 4.31 Å². The third-order valence-corrected chi connectivity index (χ3v) is 6.46. The first kappa shape index (κ1) is 18.8. The van der Waals surface area contributed by atoms with Gasteiger partial charge in [0, 0.05) is 18.7 Å². The lowest BCUT2D eigenvalue weighted by atomic mass is 10.2. The molecule has 2 aliphatic rings. The van der Waals surface area contributed by atoms with E-state index in [1.54, 1.807) is 0 Å². The van der Waals surface area contributed by atoms with Gasteiger partial charge in [-0.1, -0.05) is 6.07 Å². The van der Waals surface area contributed by atoms with Gasteiger partial charge in [-0.25, -0.2) is 13.2 Å². The highest BCUT2D eigenvalue weighted by atomic mass is 32.2. The Kier molecular flexibility index (Phi) is 4.80. The predicted molar refractivity (Wildman–Crippen MR) is 92.3 cm³/mol. The number of nitrogens with zero attached hydrogens (tertiary/aromatic N) is 1. The number of carboxylic acids is 1. The number of rotatable bonds is 5. The molecule has 1 aliphatic heterocycles. The molecular weight excluding hydrogens is 360 g/mol. The van der Waals surface area contributed by atoms with Crippen molar-refractivity contribution in [3.05, 3.63) is 29.8 Å². The van der Waals surface area contributed by atoms with Gasteiger partial charge in [-0.15, -0.1) is 0 Å². The maximum atomic E-state index is 12.9. The molecule has 2 N–H and O–H groups in total. The molecule has 2 atom stereocenters. The molecule has 1 heterocycles. The standard InChI is InChI=1S/C17H22N2O6S/c1-11-9-19(10-12(2)25-11)26(23,24)14-5-3-4-13(8-14)15(20)18-17(6-7-17)16(21)22/h3-5,8,11-12H,6-7,9-10H2,1-2H3,(H,18,20)(H,21,22). The predicted octanol–water partition coefficient (Wildman–Crippen LogP) is 0.832. The fourth-order valence-electron chi connectivity index (χ4n) is 3.08. The van der Waals surface area contributed by atoms with Crippen LogP contribution in [0.15, 0.2) is 29.2 Å². The minimum absolute atomic E-state index is 0.00613. The second-order valence-electron chi connectivity index (χ2n) is 6.95. The van der Waals surface area contributed by atoms with Crippen LogP contribution in [0.1, 0.15) is 37.0 Å². The smallest absolute Gasteiger partial charge is 0.329 e. The molecule has 1 aromatic carbocycles. The summed E-state index contributed by atoms with van der Waals surface area (Å²) in [4.78, 5) is 23.6. The van der Waals surface area contributed by atoms with E-state index in [-0.39, 0.29) is 35.8 Å². The third kappa shape index (κ3) is 3.60. The van der Waals surface area contributed by atoms with Crippen molar-refractivity contribution in [1.29, 1.82) is 0 Å². The van der Waals surface area contributed by atoms with Gasteiger partial charge in [0.1, 0.15) is 5.54 Å². The van der Waals surface area contributed by atoms with E-state index in [9.17, 15) is 23.1 Å². The molecule has 1 saturated heterocycles. The van der Waals surface area contributed by atoms with Gasteiger partial charge >= 0.3 is 5.97 Å². The van der Waals surface area contributed by atoms with Crippen LogP contribution in [0.2, 0.25) is 0 Å². The average Bonchev–Trinajstić information content (AvgIpc) is 3.35. The number of benzene rings is 1. The zero-order chi connectivity index (χ0) is 19.1. The lowest BCUT2D eigenvalue weighted by Crippen LogP contribution is -2.48. The molecule has 26 heavy (non-hydrogen) atoms. The molecule has 0 bridgehead atoms. The summed E-state index contributed by atoms with van der Waals surface area (Å²) in [6, 6.07) is 5.67. The van der Waals surface area contributed by atoms with Gasteiger partial charge in [0.15, 0.2) is 0 Å². The SMILES string of the molecule is CC1CN(S(=O)(=O)c2cccc(C(=O)NC3(C(=O)O)CC3)c2)CC(C)O1. The highest BCUT2D eigenvalue weighted by molar-refractivity contribution is 7.89. The molecule has 0 spiro atoms. The summed E-state index contributed by atoms with van der Waals surface area (Å²) in [5.41, 5.74) is -1.10. The Hall–Kier alpha value is -1.97. The zero-order valence-corrected chi connectivity index (χ0v) is 15.5. The number of hydrogen-bond acceptors (Lipinski definition) is 5. The van der Waals surface area contributed by atoms with Crippen LogP contribution in [0, 0.1) is 0 Å². The zero-order valence-electron chi connectivity index (χ0n) is 14.6. The summed E-state index contributed by atoms with van der Waals surface area (Å²) in [5, 5.41) is 11.7. The molecule has 8 nitrogen and oxygen atoms in total. The van der Waals surface area contributed by atoms with Crippen molar-refractivity contribution in [2.75, 3.05) is 13.1 Å². The molecule has 1 saturated carbocycles. The van der Waals surface area contributed by atoms with Crippen molar-refractivity contribution in [2.24, 2.45) is 0 Å². The Morgan fingerprint density at radius 2 is 1.85 bits per heavy atom. The monoisotopic (exact) mass is 382 g/mol. The van der Waals surface area contributed by atoms with Crippen LogP contribution in [-0.4, -0.2) is 60.5 Å². The maximum absolute atomic E-state index is 12.9. The lowest BCUT2D eigenvalue weighted by molar-refractivity contribution is -0.140. The minimum Gasteiger partial charge on any atom is -0.480 e. The first-order valence-corrected chi connectivity index (χ1v) is 9.90. The maximum Gasteiger partial charge on any atom is 0.329 e. The van der Waals surface area contributed by atoms with Crippen LogP contribution < -0.4 is 5.32 Å². The molecule has 142 valence electrons. The Morgan fingerprint density at radius 1 is 1.23 bits per heavy atom. The number of morpholine rings is 1. The summed E-state index contributed by atoms with van der Waals surface area (Å²) in [5.74, 6) is -1.67. The minimum atomic E-state index is -3.77. The number of carbonyl (C=O) groups is 2. The van der Waals surface area contributed by atoms with Crippen LogP contribution in [0.5, 0.6) is 0 Å². The number of carbonyl (C=O) groups excluding carboxylic acids is 1. The first-order valence-electron chi connectivity index (χ1n) is 8.46. The highest BCUT2D eigenvalue weighted by Gasteiger charge is 2.51. The van der Waals surface area contributed by atoms with Gasteiger partial charge in [0.05, 0.1) is 17.1 Å². The third-order valence-electron chi connectivity index (χ3n) is 4.63. The second-order valence-corrected chi connectivity index (χ2v) is 8.89. The Balaban J connectivity index is 1.82. The van der Waals surface area contributed by atoms with Gasteiger partial charge < -0.3 is 15.2 Å². The molecule has 9 heteroatoms. The van der Waals surface area contributed by atoms with Gasteiger partial charge in [-0.05, 0) is 44.9 Å². The van der Waals surface area contributed by atoms with Crippen LogP contribution in [0.25, 0.3) is 0 Å². The van der Waals surface area contributed by atoms with Crippen molar-refractivity contribution in [2.45, 2.75) is 49.3 Å². The highest BCUT2D eigenvalue weighted by Crippen LogP contribution is 2.35. The summed E-state index contributed by atoms with van der Waals surface area (Å²) >= 11 is 0. The number of nitrogens with one attached hydrogen (secondary N) is 1. The molecular formula is C17H22N2O6S. The van der Waals surface area contributed by atoms with E-state index in [2.05, 4.69) is 5.32 Å². The second kappa shape index (κ2) is 6.64. The van der Waals surface area contributed by atoms with Crippen molar-refractivity contribution in [1.82, 2.24) is 9.62 Å². The molecule has 3 rings (SSSR count). The van der Waals surface area contributed by atoms with Crippen LogP contribution in [-0.2, 0) is 19.6 Å². The average molecular weight is 382 g/mol. The molecule has 0 aromatic heterocycles. The largest absolute Gasteiger partial charge is 0.480 e. The van der Waals surface area contributed by atoms with E-state index in [4.69, 9.17) is 4.74 Å². The van der Waals surface area contributed by atoms with Crippen LogP contribution >= 0.6 is 0 Å². The normalized spacial score (nSPS) is 25.5. The topological polar surface area (TPSA) is 113 Å². The number of aliphatic carboxylic acids is 1. The van der Waals surface area contributed by atoms with Crippen molar-refractivity contribution in [3.8, 4) is 0 Å². The molecule has 2 unspecified atom stereocenters. The Bertz CT molecular complexity index is 823. The number of amides is 1. The van der Waals surface area contributed by atoms with Gasteiger partial charge in [-0.3, -0.25) is 4.79 Å². The molecule has 1 aliphatic carbocycles. The Labute approximate surface area is 152 Å². The van der Waals surface area contributed by atoms with E-state index in [1.807, 2.05) is 13.8 Å². The van der Waals surface area contributed by atoms with Crippen molar-refractivity contribution < 1.29 is 27.9 Å². The number of ether oxygens (including phenoxy) is 1. The van der Waals surface area contributed by atoms with Gasteiger partial charge in [0.2, 0.25) is 10.0 Å². The summed E-state index contributed by atoms with van der Waals surface area (Å²) in [6.45, 7) is 4.10. The number of hydrogen-bond donors (Lipinski definition) is 2. The van der Waals surface area contributed by atoms with E-state index in [0.717, 1.165) is 0 Å². The van der Waals surface area contributed by atoms with Crippen molar-refractivity contribution in [3.63, 3.8) is 0 Å². The fourth-order valence-corrected chi connectivity index (χ4v) is 4.72. The molecule has 0 radical (unpaired) electrons. The number of carboxylic acid groups (broad SMARTS) is 1. The molecule has 2 fully saturated rings. The summed E-state index contributed by atoms with van der Waals surface area (Å²) in [7, 11) is -3.77. The van der Waals surface area contributed by atoms with Gasteiger partial charge in [0.25, 0.3) is 5.91 Å². The lowest BCUT2D eigenvalue weighted by Gasteiger charge is -2.34. The Morgan fingerprint density at radius 3 is 2.38 bits per heavy atom. The van der Waals surface area contributed by atoms with Crippen LogP contribution in [0.4, 0.5) is 0 Å². The quantitative estimate of drug-likeness (QED) is 0.780. The summed E-state index contributed by atoms with van der Waals surface area (Å²) < 4.78 is 32.7. The van der Waals surface area contributed by atoms with E-state index in [1.165, 1.54) is 28.6 Å². The molecule has 1 aromatic rings.